The van der Waals surface area contributed by atoms with Crippen LogP contribution in [0.4, 0.5) is 0 Å². The van der Waals surface area contributed by atoms with E-state index in [0.29, 0.717) is 37.2 Å². The first-order valence-electron chi connectivity index (χ1n) is 16.4. The van der Waals surface area contributed by atoms with Crippen LogP contribution >= 0.6 is 0 Å². The summed E-state index contributed by atoms with van der Waals surface area (Å²) in [4.78, 5) is 26.4. The number of ether oxygens (including phenoxy) is 5. The molecule has 4 heterocycles. The number of aliphatic hydroxyl groups excluding tert-OH is 1. The van der Waals surface area contributed by atoms with Gasteiger partial charge in [0.25, 0.3) is 0 Å². The zero-order valence-corrected chi connectivity index (χ0v) is 27.5. The van der Waals surface area contributed by atoms with E-state index >= 15 is 0 Å². The Balaban J connectivity index is 1.51. The summed E-state index contributed by atoms with van der Waals surface area (Å²) in [5, 5.41) is 23.6. The van der Waals surface area contributed by atoms with Gasteiger partial charge >= 0.3 is 11.9 Å². The Hall–Kier alpha value is -2.56. The monoisotopic (exact) mass is 626 g/mol. The predicted molar refractivity (Wildman–Crippen MR) is 168 cm³/mol. The zero-order chi connectivity index (χ0) is 32.5. The van der Waals surface area contributed by atoms with Gasteiger partial charge in [-0.05, 0) is 69.9 Å². The van der Waals surface area contributed by atoms with Gasteiger partial charge in [-0.1, -0.05) is 55.4 Å². The van der Waals surface area contributed by atoms with E-state index in [9.17, 15) is 19.8 Å². The molecular weight excluding hydrogens is 576 g/mol. The third-order valence-corrected chi connectivity index (χ3v) is 9.95. The van der Waals surface area contributed by atoms with E-state index in [1.807, 2.05) is 6.08 Å². The molecule has 5 rings (SSSR count). The van der Waals surface area contributed by atoms with Crippen molar-refractivity contribution in [2.75, 3.05) is 13.2 Å². The fraction of sp³-hybridized carbons (Fsp3) is 0.667. The van der Waals surface area contributed by atoms with Crippen molar-refractivity contribution in [3.05, 3.63) is 58.7 Å². The quantitative estimate of drug-likeness (QED) is 0.253. The summed E-state index contributed by atoms with van der Waals surface area (Å²) < 4.78 is 30.8. The lowest BCUT2D eigenvalue weighted by Crippen LogP contribution is -2.58. The van der Waals surface area contributed by atoms with Crippen molar-refractivity contribution >= 4 is 11.9 Å². The van der Waals surface area contributed by atoms with Gasteiger partial charge in [0.05, 0.1) is 18.8 Å². The molecule has 1 aliphatic carbocycles. The number of rotatable bonds is 3. The van der Waals surface area contributed by atoms with E-state index in [1.54, 1.807) is 19.9 Å². The van der Waals surface area contributed by atoms with E-state index in [1.165, 1.54) is 17.7 Å². The smallest absolute Gasteiger partial charge is 0.331 e. The van der Waals surface area contributed by atoms with Gasteiger partial charge in [0.15, 0.2) is 5.79 Å². The first-order chi connectivity index (χ1) is 21.3. The summed E-state index contributed by atoms with van der Waals surface area (Å²) in [5.74, 6) is -2.62. The molecule has 5 aliphatic rings. The molecule has 3 fully saturated rings. The van der Waals surface area contributed by atoms with E-state index in [0.717, 1.165) is 18.4 Å². The zero-order valence-electron chi connectivity index (χ0n) is 27.5. The van der Waals surface area contributed by atoms with Crippen molar-refractivity contribution in [2.45, 2.75) is 122 Å². The fourth-order valence-electron chi connectivity index (χ4n) is 7.32. The van der Waals surface area contributed by atoms with Gasteiger partial charge < -0.3 is 33.9 Å². The molecule has 0 amide bonds. The van der Waals surface area contributed by atoms with Crippen LogP contribution in [0.3, 0.4) is 0 Å². The SMILES string of the molecule is CC(C)=CC(=O)OCC1=CC2C(=O)OC3CC(C/C=C(\C)CC(C)/C=C/C=C4\COC(C1O)C42O)OC1(CCC(C)C(C)O1)C3. The average Bonchev–Trinajstić information content (AvgIpc) is 3.30. The molecule has 9 heteroatoms. The van der Waals surface area contributed by atoms with Crippen molar-refractivity contribution in [2.24, 2.45) is 17.8 Å². The Bertz CT molecular complexity index is 1290. The lowest BCUT2D eigenvalue weighted by Gasteiger charge is -2.49. The minimum atomic E-state index is -1.85. The molecule has 2 bridgehead atoms. The number of allylic oxidation sites excluding steroid dienone is 5. The minimum Gasteiger partial charge on any atom is -0.462 e. The Kier molecular flexibility index (Phi) is 10.3. The lowest BCUT2D eigenvalue weighted by molar-refractivity contribution is -0.332. The summed E-state index contributed by atoms with van der Waals surface area (Å²) in [6.07, 6.45) is 11.7. The summed E-state index contributed by atoms with van der Waals surface area (Å²) >= 11 is 0. The fourth-order valence-corrected chi connectivity index (χ4v) is 7.32. The van der Waals surface area contributed by atoms with Crippen molar-refractivity contribution < 1.29 is 43.5 Å². The molecule has 10 atom stereocenters. The average molecular weight is 627 g/mol. The van der Waals surface area contributed by atoms with Gasteiger partial charge in [-0.2, -0.15) is 0 Å². The molecule has 0 aromatic rings. The van der Waals surface area contributed by atoms with E-state index in [4.69, 9.17) is 23.7 Å². The highest BCUT2D eigenvalue weighted by molar-refractivity contribution is 5.83. The van der Waals surface area contributed by atoms with Gasteiger partial charge in [0.1, 0.15) is 36.4 Å². The van der Waals surface area contributed by atoms with Crippen molar-refractivity contribution in [1.29, 1.82) is 0 Å². The summed E-state index contributed by atoms with van der Waals surface area (Å²) in [7, 11) is 0. The summed E-state index contributed by atoms with van der Waals surface area (Å²) in [6, 6.07) is 0. The Morgan fingerprint density at radius 2 is 1.96 bits per heavy atom. The number of esters is 2. The maximum absolute atomic E-state index is 14.2. The van der Waals surface area contributed by atoms with Gasteiger partial charge in [-0.3, -0.25) is 4.79 Å². The highest BCUT2D eigenvalue weighted by Crippen LogP contribution is 2.47. The van der Waals surface area contributed by atoms with Crippen LogP contribution in [0.15, 0.2) is 58.7 Å². The van der Waals surface area contributed by atoms with Crippen LogP contribution in [0, 0.1) is 17.8 Å². The Labute approximate surface area is 267 Å². The molecule has 0 aromatic heterocycles. The van der Waals surface area contributed by atoms with Crippen LogP contribution in [0.25, 0.3) is 0 Å². The number of carbonyl (C=O) groups excluding carboxylic acids is 2. The molecule has 2 N–H and O–H groups in total. The molecule has 1 spiro atoms. The number of fused-ring (bicyclic) bond motifs is 2. The number of hydrogen-bond acceptors (Lipinski definition) is 9. The molecule has 0 aromatic carbocycles. The molecule has 3 saturated heterocycles. The maximum Gasteiger partial charge on any atom is 0.331 e. The van der Waals surface area contributed by atoms with Crippen LogP contribution in [0.5, 0.6) is 0 Å². The standard InChI is InChI=1S/C36H50O9/c1-21(2)14-31(37)41-19-26-16-30-34(39)43-29-17-28(45-35(18-29)13-12-24(5)25(6)44-35)11-10-23(4)15-22(3)8-7-9-27-20-42-33(32(26)38)36(27,30)40/h7-10,14,16,22,24-25,28-30,32-33,38,40H,11-13,15,17-20H2,1-6H3/b8-7+,23-10+,27-9+. The third-order valence-electron chi connectivity index (χ3n) is 9.95. The first-order valence-corrected chi connectivity index (χ1v) is 16.4. The van der Waals surface area contributed by atoms with Crippen molar-refractivity contribution in [3.63, 3.8) is 0 Å². The van der Waals surface area contributed by atoms with Crippen LogP contribution in [-0.4, -0.2) is 77.3 Å². The minimum absolute atomic E-state index is 0.000742. The van der Waals surface area contributed by atoms with Crippen molar-refractivity contribution in [3.8, 4) is 0 Å². The molecule has 9 nitrogen and oxygen atoms in total. The maximum atomic E-state index is 14.2. The topological polar surface area (TPSA) is 121 Å². The van der Waals surface area contributed by atoms with Crippen LogP contribution < -0.4 is 0 Å². The lowest BCUT2D eigenvalue weighted by atomic mass is 9.70. The largest absolute Gasteiger partial charge is 0.462 e. The highest BCUT2D eigenvalue weighted by atomic mass is 16.7. The molecule has 0 saturated carbocycles. The van der Waals surface area contributed by atoms with Gasteiger partial charge in [-0.15, -0.1) is 0 Å². The molecule has 10 unspecified atom stereocenters. The Morgan fingerprint density at radius 1 is 1.18 bits per heavy atom. The van der Waals surface area contributed by atoms with Crippen LogP contribution in [0.1, 0.15) is 80.1 Å². The molecular formula is C36H50O9. The molecule has 45 heavy (non-hydrogen) atoms. The summed E-state index contributed by atoms with van der Waals surface area (Å²) in [5.41, 5.74) is 0.929. The first kappa shape index (κ1) is 33.8. The van der Waals surface area contributed by atoms with E-state index in [-0.39, 0.29) is 36.9 Å². The Morgan fingerprint density at radius 3 is 2.69 bits per heavy atom. The normalized spacial score (nSPS) is 43.5. The van der Waals surface area contributed by atoms with E-state index in [2.05, 4.69) is 39.8 Å². The predicted octanol–water partition coefficient (Wildman–Crippen LogP) is 5.02. The number of carbonyl (C=O) groups is 2. The highest BCUT2D eigenvalue weighted by Gasteiger charge is 2.60. The number of hydrogen-bond donors (Lipinski definition) is 2. The number of aliphatic hydroxyl groups is 2. The second kappa shape index (κ2) is 13.7. The second-order valence-electron chi connectivity index (χ2n) is 14.1. The second-order valence-corrected chi connectivity index (χ2v) is 14.1. The van der Waals surface area contributed by atoms with Crippen LogP contribution in [-0.2, 0) is 33.3 Å². The van der Waals surface area contributed by atoms with Gasteiger partial charge in [-0.25, -0.2) is 4.79 Å². The molecule has 4 aliphatic heterocycles. The van der Waals surface area contributed by atoms with E-state index < -0.39 is 47.6 Å². The van der Waals surface area contributed by atoms with Crippen molar-refractivity contribution in [1.82, 2.24) is 0 Å². The van der Waals surface area contributed by atoms with Gasteiger partial charge in [0.2, 0.25) is 0 Å². The van der Waals surface area contributed by atoms with Crippen LogP contribution in [0.2, 0.25) is 0 Å². The third kappa shape index (κ3) is 7.38. The molecule has 0 radical (unpaired) electrons. The molecule has 248 valence electrons. The van der Waals surface area contributed by atoms with Gasteiger partial charge in [0, 0.05) is 25.3 Å². The summed E-state index contributed by atoms with van der Waals surface area (Å²) in [6.45, 7) is 11.8.